The molecule has 0 fully saturated rings. The molecule has 106 valence electrons. The molecule has 1 aliphatic heterocycles. The number of hydrogen-bond acceptors (Lipinski definition) is 4. The van der Waals surface area contributed by atoms with E-state index in [9.17, 15) is 0 Å². The van der Waals surface area contributed by atoms with Gasteiger partial charge in [-0.05, 0) is 25.1 Å². The molecule has 0 bridgehead atoms. The monoisotopic (exact) mass is 273 g/mol. The van der Waals surface area contributed by atoms with Crippen molar-refractivity contribution >= 4 is 0 Å². The summed E-state index contributed by atoms with van der Waals surface area (Å²) in [6, 6.07) is 5.94. The molecular weight excluding hydrogens is 254 g/mol. The van der Waals surface area contributed by atoms with E-state index in [-0.39, 0.29) is 0 Å². The van der Waals surface area contributed by atoms with Crippen LogP contribution < -0.4 is 14.8 Å². The predicted octanol–water partition coefficient (Wildman–Crippen LogP) is 2.13. The Morgan fingerprint density at radius 3 is 3.00 bits per heavy atom. The van der Waals surface area contributed by atoms with E-state index in [1.165, 1.54) is 11.3 Å². The smallest absolute Gasteiger partial charge is 0.161 e. The van der Waals surface area contributed by atoms with E-state index < -0.39 is 0 Å². The van der Waals surface area contributed by atoms with Gasteiger partial charge in [0.15, 0.2) is 11.5 Å². The van der Waals surface area contributed by atoms with Gasteiger partial charge in [0.1, 0.15) is 0 Å². The maximum atomic E-state index is 5.63. The normalized spacial score (nSPS) is 13.9. The number of nitrogens with zero attached hydrogens (tertiary/aromatic N) is 1. The highest BCUT2D eigenvalue weighted by Gasteiger charge is 2.18. The molecule has 0 atom stereocenters. The number of aromatic nitrogens is 2. The van der Waals surface area contributed by atoms with Gasteiger partial charge in [0, 0.05) is 36.3 Å². The van der Waals surface area contributed by atoms with E-state index in [4.69, 9.17) is 9.47 Å². The molecule has 0 unspecified atom stereocenters. The van der Waals surface area contributed by atoms with Crippen molar-refractivity contribution in [2.24, 2.45) is 0 Å². The van der Waals surface area contributed by atoms with Crippen LogP contribution in [0, 0.1) is 0 Å². The van der Waals surface area contributed by atoms with Gasteiger partial charge in [-0.15, -0.1) is 0 Å². The Kier molecular flexibility index (Phi) is 3.60. The summed E-state index contributed by atoms with van der Waals surface area (Å²) in [5.41, 5.74) is 4.53. The number of hydrogen-bond donors (Lipinski definition) is 2. The fraction of sp³-hybridized carbons (Fsp3) is 0.400. The summed E-state index contributed by atoms with van der Waals surface area (Å²) in [6.45, 7) is 4.44. The lowest BCUT2D eigenvalue weighted by atomic mass is 10.0. The quantitative estimate of drug-likeness (QED) is 0.896. The number of fused-ring (bicyclic) bond motifs is 1. The summed E-state index contributed by atoms with van der Waals surface area (Å²) in [7, 11) is 1.65. The van der Waals surface area contributed by atoms with Crippen molar-refractivity contribution in [3.05, 3.63) is 29.5 Å². The number of ether oxygens (including phenoxy) is 2. The minimum atomic E-state index is 0.611. The second kappa shape index (κ2) is 5.54. The second-order valence-electron chi connectivity index (χ2n) is 4.75. The molecule has 0 amide bonds. The number of rotatable bonds is 4. The van der Waals surface area contributed by atoms with Crippen LogP contribution in [0.25, 0.3) is 11.3 Å². The number of H-pyrrole nitrogens is 1. The Balaban J connectivity index is 2.01. The summed E-state index contributed by atoms with van der Waals surface area (Å²) in [5.74, 6) is 1.51. The molecule has 2 aromatic rings. The molecule has 5 heteroatoms. The maximum absolute atomic E-state index is 5.63. The van der Waals surface area contributed by atoms with E-state index in [0.29, 0.717) is 6.61 Å². The Morgan fingerprint density at radius 1 is 1.30 bits per heavy atom. The first-order valence-electron chi connectivity index (χ1n) is 6.91. The molecule has 5 nitrogen and oxygen atoms in total. The average molecular weight is 273 g/mol. The molecule has 0 aliphatic carbocycles. The van der Waals surface area contributed by atoms with E-state index >= 15 is 0 Å². The number of benzene rings is 1. The van der Waals surface area contributed by atoms with Crippen molar-refractivity contribution in [1.29, 1.82) is 0 Å². The lowest BCUT2D eigenvalue weighted by Gasteiger charge is -2.14. The Morgan fingerprint density at radius 2 is 2.20 bits per heavy atom. The number of methoxy groups -OCH3 is 1. The first kappa shape index (κ1) is 13.0. The van der Waals surface area contributed by atoms with Crippen molar-refractivity contribution in [3.63, 3.8) is 0 Å². The zero-order valence-electron chi connectivity index (χ0n) is 11.8. The molecule has 1 aromatic carbocycles. The predicted molar refractivity (Wildman–Crippen MR) is 77.2 cm³/mol. The average Bonchev–Trinajstić information content (AvgIpc) is 2.91. The molecule has 1 aliphatic rings. The number of nitrogens with one attached hydrogen (secondary N) is 2. The van der Waals surface area contributed by atoms with Crippen LogP contribution in [0.5, 0.6) is 11.5 Å². The van der Waals surface area contributed by atoms with Gasteiger partial charge in [0.05, 0.1) is 19.4 Å². The zero-order chi connectivity index (χ0) is 13.9. The van der Waals surface area contributed by atoms with Crippen LogP contribution >= 0.6 is 0 Å². The van der Waals surface area contributed by atoms with Gasteiger partial charge in [-0.3, -0.25) is 5.10 Å². The molecule has 20 heavy (non-hydrogen) atoms. The van der Waals surface area contributed by atoms with Gasteiger partial charge in [-0.25, -0.2) is 0 Å². The third-order valence-electron chi connectivity index (χ3n) is 3.54. The highest BCUT2D eigenvalue weighted by atomic mass is 16.5. The number of aromatic amines is 1. The van der Waals surface area contributed by atoms with Crippen LogP contribution in [-0.4, -0.2) is 30.5 Å². The van der Waals surface area contributed by atoms with Crippen molar-refractivity contribution < 1.29 is 9.47 Å². The van der Waals surface area contributed by atoms with Crippen LogP contribution in [-0.2, 0) is 13.0 Å². The van der Waals surface area contributed by atoms with Crippen molar-refractivity contribution in [3.8, 4) is 22.8 Å². The highest BCUT2D eigenvalue weighted by Crippen LogP contribution is 2.34. The first-order chi connectivity index (χ1) is 9.83. The molecule has 0 radical (unpaired) electrons. The summed E-state index contributed by atoms with van der Waals surface area (Å²) in [6.07, 6.45) is 0.997. The standard InChI is InChI=1S/C15H19N3O2/c1-3-20-14-8-10(4-5-13(14)19-2)15-11-9-16-7-6-12(11)17-18-15/h4-5,8,16H,3,6-7,9H2,1-2H3,(H,17,18). The van der Waals surface area contributed by atoms with Crippen LogP contribution in [0.3, 0.4) is 0 Å². The van der Waals surface area contributed by atoms with Gasteiger partial charge in [0.2, 0.25) is 0 Å². The summed E-state index contributed by atoms with van der Waals surface area (Å²) >= 11 is 0. The molecule has 0 saturated carbocycles. The Hall–Kier alpha value is -2.01. The molecule has 1 aromatic heterocycles. The van der Waals surface area contributed by atoms with E-state index in [1.54, 1.807) is 7.11 Å². The summed E-state index contributed by atoms with van der Waals surface area (Å²) in [4.78, 5) is 0. The van der Waals surface area contributed by atoms with Crippen molar-refractivity contribution in [1.82, 2.24) is 15.5 Å². The molecular formula is C15H19N3O2. The third kappa shape index (κ3) is 2.25. The molecule has 2 N–H and O–H groups in total. The molecule has 0 spiro atoms. The highest BCUT2D eigenvalue weighted by molar-refractivity contribution is 5.67. The lowest BCUT2D eigenvalue weighted by molar-refractivity contribution is 0.311. The van der Waals surface area contributed by atoms with E-state index in [0.717, 1.165) is 42.3 Å². The van der Waals surface area contributed by atoms with Gasteiger partial charge in [-0.1, -0.05) is 0 Å². The Bertz CT molecular complexity index is 607. The van der Waals surface area contributed by atoms with Gasteiger partial charge >= 0.3 is 0 Å². The lowest BCUT2D eigenvalue weighted by Crippen LogP contribution is -2.23. The van der Waals surface area contributed by atoms with Crippen LogP contribution in [0.15, 0.2) is 18.2 Å². The summed E-state index contributed by atoms with van der Waals surface area (Å²) < 4.78 is 10.9. The summed E-state index contributed by atoms with van der Waals surface area (Å²) in [5, 5.41) is 11.0. The largest absolute Gasteiger partial charge is 0.493 e. The Labute approximate surface area is 118 Å². The second-order valence-corrected chi connectivity index (χ2v) is 4.75. The van der Waals surface area contributed by atoms with Gasteiger partial charge < -0.3 is 14.8 Å². The minimum Gasteiger partial charge on any atom is -0.493 e. The van der Waals surface area contributed by atoms with Crippen LogP contribution in [0.1, 0.15) is 18.2 Å². The zero-order valence-corrected chi connectivity index (χ0v) is 11.8. The van der Waals surface area contributed by atoms with Gasteiger partial charge in [0.25, 0.3) is 0 Å². The maximum Gasteiger partial charge on any atom is 0.161 e. The molecule has 2 heterocycles. The van der Waals surface area contributed by atoms with Crippen LogP contribution in [0.4, 0.5) is 0 Å². The third-order valence-corrected chi connectivity index (χ3v) is 3.54. The van der Waals surface area contributed by atoms with E-state index in [1.807, 2.05) is 25.1 Å². The van der Waals surface area contributed by atoms with E-state index in [2.05, 4.69) is 15.5 Å². The van der Waals surface area contributed by atoms with Gasteiger partial charge in [-0.2, -0.15) is 5.10 Å². The van der Waals surface area contributed by atoms with Crippen molar-refractivity contribution in [2.45, 2.75) is 19.9 Å². The van der Waals surface area contributed by atoms with Crippen molar-refractivity contribution in [2.75, 3.05) is 20.3 Å². The van der Waals surface area contributed by atoms with Crippen LogP contribution in [0.2, 0.25) is 0 Å². The topological polar surface area (TPSA) is 59.2 Å². The minimum absolute atomic E-state index is 0.611. The molecule has 0 saturated heterocycles. The SMILES string of the molecule is CCOc1cc(-c2n[nH]c3c2CNCC3)ccc1OC. The fourth-order valence-corrected chi connectivity index (χ4v) is 2.56. The fourth-order valence-electron chi connectivity index (χ4n) is 2.56. The molecule has 3 rings (SSSR count). The first-order valence-corrected chi connectivity index (χ1v) is 6.91.